The van der Waals surface area contributed by atoms with Crippen LogP contribution >= 0.6 is 0 Å². The van der Waals surface area contributed by atoms with Crippen LogP contribution in [-0.2, 0) is 0 Å². The van der Waals surface area contributed by atoms with E-state index < -0.39 is 11.6 Å². The minimum Gasteiger partial charge on any atom is -0.348 e. The third-order valence-corrected chi connectivity index (χ3v) is 7.52. The van der Waals surface area contributed by atoms with Gasteiger partial charge in [-0.1, -0.05) is 6.07 Å². The summed E-state index contributed by atoms with van der Waals surface area (Å²) in [6, 6.07) is 8.09. The van der Waals surface area contributed by atoms with Gasteiger partial charge in [-0.05, 0) is 55.6 Å². The Morgan fingerprint density at radius 3 is 2.69 bits per heavy atom. The van der Waals surface area contributed by atoms with Gasteiger partial charge < -0.3 is 15.5 Å². The van der Waals surface area contributed by atoms with E-state index in [4.69, 9.17) is 9.97 Å². The molecule has 2 N–H and O–H groups in total. The van der Waals surface area contributed by atoms with E-state index in [0.717, 1.165) is 49.1 Å². The number of aromatic nitrogens is 4. The summed E-state index contributed by atoms with van der Waals surface area (Å²) in [7, 11) is 0. The quantitative estimate of drug-likeness (QED) is 0.453. The summed E-state index contributed by atoms with van der Waals surface area (Å²) in [5.41, 5.74) is 2.53. The minimum absolute atomic E-state index is 0.239. The van der Waals surface area contributed by atoms with Crippen LogP contribution in [0.2, 0.25) is 0 Å². The first-order valence-corrected chi connectivity index (χ1v) is 12.0. The molecule has 7 nitrogen and oxygen atoms in total. The molecule has 5 heterocycles. The van der Waals surface area contributed by atoms with Crippen LogP contribution in [0.4, 0.5) is 26.1 Å². The lowest BCUT2D eigenvalue weighted by Crippen LogP contribution is -2.54. The molecule has 0 bridgehead atoms. The summed E-state index contributed by atoms with van der Waals surface area (Å²) in [4.78, 5) is 21.2. The molecule has 0 spiro atoms. The Morgan fingerprint density at radius 2 is 1.91 bits per heavy atom. The van der Waals surface area contributed by atoms with Crippen LogP contribution in [0.5, 0.6) is 0 Å². The van der Waals surface area contributed by atoms with Gasteiger partial charge >= 0.3 is 0 Å². The lowest BCUT2D eigenvalue weighted by Gasteiger charge is -2.51. The average molecular weight is 472 g/mol. The van der Waals surface area contributed by atoms with Crippen LogP contribution in [0.25, 0.3) is 22.3 Å². The van der Waals surface area contributed by atoms with E-state index in [1.54, 1.807) is 18.5 Å². The number of halogens is 2. The molecule has 2 aliphatic heterocycles. The van der Waals surface area contributed by atoms with Crippen molar-refractivity contribution in [2.24, 2.45) is 0 Å². The number of nitrogens with zero attached hydrogens (tertiary/aromatic N) is 5. The van der Waals surface area contributed by atoms with Crippen LogP contribution in [-0.4, -0.2) is 45.1 Å². The van der Waals surface area contributed by atoms with Crippen molar-refractivity contribution in [3.8, 4) is 11.4 Å². The number of benzene rings is 1. The molecule has 1 saturated carbocycles. The molecule has 7 rings (SSSR count). The van der Waals surface area contributed by atoms with Crippen LogP contribution in [0, 0.1) is 11.6 Å². The topological polar surface area (TPSA) is 78.9 Å². The molecule has 0 radical (unpaired) electrons. The molecule has 3 unspecified atom stereocenters. The second kappa shape index (κ2) is 7.91. The summed E-state index contributed by atoms with van der Waals surface area (Å²) in [5, 5.41) is 7.36. The summed E-state index contributed by atoms with van der Waals surface area (Å²) in [6.07, 6.45) is 8.76. The molecular formula is C26H23F2N7. The zero-order chi connectivity index (χ0) is 23.5. The van der Waals surface area contributed by atoms with E-state index >= 15 is 0 Å². The van der Waals surface area contributed by atoms with E-state index in [1.165, 1.54) is 23.8 Å². The van der Waals surface area contributed by atoms with E-state index in [9.17, 15) is 8.78 Å². The molecule has 35 heavy (non-hydrogen) atoms. The summed E-state index contributed by atoms with van der Waals surface area (Å²) >= 11 is 0. The number of rotatable bonds is 4. The van der Waals surface area contributed by atoms with E-state index in [2.05, 4.69) is 25.5 Å². The molecule has 1 aromatic carbocycles. The van der Waals surface area contributed by atoms with Crippen molar-refractivity contribution in [1.82, 2.24) is 25.3 Å². The zero-order valence-electron chi connectivity index (χ0n) is 18.9. The lowest BCUT2D eigenvalue weighted by molar-refractivity contribution is 0.300. The van der Waals surface area contributed by atoms with Gasteiger partial charge in [-0.15, -0.1) is 0 Å². The number of anilines is 3. The monoisotopic (exact) mass is 471 g/mol. The first kappa shape index (κ1) is 20.6. The Kier molecular flexibility index (Phi) is 4.66. The van der Waals surface area contributed by atoms with E-state index in [-0.39, 0.29) is 5.69 Å². The fraction of sp³-hybridized carbons (Fsp3) is 0.308. The fourth-order valence-corrected chi connectivity index (χ4v) is 5.72. The predicted octanol–water partition coefficient (Wildman–Crippen LogP) is 4.54. The highest BCUT2D eigenvalue weighted by Crippen LogP contribution is 2.51. The molecule has 3 aliphatic rings. The van der Waals surface area contributed by atoms with Gasteiger partial charge in [0.2, 0.25) is 0 Å². The molecule has 3 atom stereocenters. The number of nitrogens with one attached hydrogen (secondary N) is 2. The van der Waals surface area contributed by atoms with E-state index in [0.29, 0.717) is 35.2 Å². The average Bonchev–Trinajstić information content (AvgIpc) is 3.38. The molecule has 4 aromatic rings. The predicted molar refractivity (Wildman–Crippen MR) is 130 cm³/mol. The lowest BCUT2D eigenvalue weighted by atomic mass is 9.71. The third kappa shape index (κ3) is 3.25. The fourth-order valence-electron chi connectivity index (χ4n) is 5.72. The highest BCUT2D eigenvalue weighted by atomic mass is 19.1. The molecule has 3 aromatic heterocycles. The Labute approximate surface area is 200 Å². The van der Waals surface area contributed by atoms with Crippen molar-refractivity contribution < 1.29 is 8.78 Å². The maximum absolute atomic E-state index is 14.2. The molecule has 1 aliphatic carbocycles. The summed E-state index contributed by atoms with van der Waals surface area (Å²) in [5.74, 6) is 0.923. The molecule has 2 fully saturated rings. The zero-order valence-corrected chi connectivity index (χ0v) is 18.9. The highest BCUT2D eigenvalue weighted by Gasteiger charge is 2.46. The molecule has 9 heteroatoms. The molecule has 0 amide bonds. The first-order valence-electron chi connectivity index (χ1n) is 12.0. The van der Waals surface area contributed by atoms with Crippen LogP contribution < -0.4 is 15.5 Å². The van der Waals surface area contributed by atoms with Crippen molar-refractivity contribution in [2.45, 2.75) is 37.3 Å². The SMILES string of the molecule is Fc1cccc(F)c1Nc1cc(-c2nc3c4c(cncc4n2)C2CCC2N3C2CCNC2)ccn1. The maximum Gasteiger partial charge on any atom is 0.162 e. The Hall–Kier alpha value is -3.72. The van der Waals surface area contributed by atoms with Crippen molar-refractivity contribution >= 4 is 28.2 Å². The van der Waals surface area contributed by atoms with Gasteiger partial charge in [-0.25, -0.2) is 23.7 Å². The minimum atomic E-state index is -0.682. The number of hydrogen-bond donors (Lipinski definition) is 2. The van der Waals surface area contributed by atoms with Gasteiger partial charge in [0.15, 0.2) is 5.82 Å². The van der Waals surface area contributed by atoms with Gasteiger partial charge in [-0.2, -0.15) is 0 Å². The Balaban J connectivity index is 1.34. The Morgan fingerprint density at radius 1 is 1.03 bits per heavy atom. The molecule has 176 valence electrons. The normalized spacial score (nSPS) is 22.7. The van der Waals surface area contributed by atoms with Crippen molar-refractivity contribution in [3.63, 3.8) is 0 Å². The van der Waals surface area contributed by atoms with Crippen LogP contribution in [0.1, 0.15) is 30.7 Å². The first-order chi connectivity index (χ1) is 17.2. The van der Waals surface area contributed by atoms with Gasteiger partial charge in [0.05, 0.1) is 11.7 Å². The molecule has 1 saturated heterocycles. The van der Waals surface area contributed by atoms with Crippen molar-refractivity contribution in [2.75, 3.05) is 23.3 Å². The Bertz CT molecular complexity index is 1430. The largest absolute Gasteiger partial charge is 0.348 e. The van der Waals surface area contributed by atoms with Crippen molar-refractivity contribution in [3.05, 3.63) is 66.1 Å². The number of hydrogen-bond acceptors (Lipinski definition) is 7. The van der Waals surface area contributed by atoms with Gasteiger partial charge in [0, 0.05) is 47.9 Å². The highest BCUT2D eigenvalue weighted by molar-refractivity contribution is 5.96. The van der Waals surface area contributed by atoms with Crippen molar-refractivity contribution in [1.29, 1.82) is 0 Å². The third-order valence-electron chi connectivity index (χ3n) is 7.52. The van der Waals surface area contributed by atoms with Crippen LogP contribution in [0.3, 0.4) is 0 Å². The molecular weight excluding hydrogens is 448 g/mol. The summed E-state index contributed by atoms with van der Waals surface area (Å²) < 4.78 is 28.3. The second-order valence-corrected chi connectivity index (χ2v) is 9.45. The van der Waals surface area contributed by atoms with Gasteiger partial charge in [0.25, 0.3) is 0 Å². The number of pyridine rings is 2. The number of para-hydroxylation sites is 1. The second-order valence-electron chi connectivity index (χ2n) is 9.45. The van der Waals surface area contributed by atoms with Crippen LogP contribution in [0.15, 0.2) is 48.9 Å². The van der Waals surface area contributed by atoms with E-state index in [1.807, 2.05) is 12.3 Å². The van der Waals surface area contributed by atoms with Gasteiger partial charge in [-0.3, -0.25) is 4.98 Å². The standard InChI is InChI=1S/C26H23F2N7/c27-18-2-1-3-19(28)24(18)33-22-10-14(6-9-31-22)25-32-20-13-30-12-17-16-4-5-21(16)35(15-7-8-29-11-15)26(34-25)23(17)20/h1-3,6,9-10,12-13,15-16,21,29H,4-5,7-8,11H2,(H,31,33). The number of fused-ring (bicyclic) bond motifs is 2. The van der Waals surface area contributed by atoms with Gasteiger partial charge in [0.1, 0.15) is 29.0 Å². The summed E-state index contributed by atoms with van der Waals surface area (Å²) in [6.45, 7) is 1.96. The maximum atomic E-state index is 14.2. The smallest absolute Gasteiger partial charge is 0.162 e.